The van der Waals surface area contributed by atoms with E-state index in [1.807, 2.05) is 24.3 Å². The number of amides is 1. The van der Waals surface area contributed by atoms with Crippen molar-refractivity contribution in [3.05, 3.63) is 47.3 Å². The molecule has 0 unspecified atom stereocenters. The molecule has 1 aliphatic heterocycles. The molecule has 24 heavy (non-hydrogen) atoms. The lowest BCUT2D eigenvalue weighted by Crippen LogP contribution is -2.40. The van der Waals surface area contributed by atoms with E-state index >= 15 is 0 Å². The van der Waals surface area contributed by atoms with Gasteiger partial charge in [-0.25, -0.2) is 13.1 Å². The predicted octanol–water partition coefficient (Wildman–Crippen LogP) is 1.39. The first-order valence-electron chi connectivity index (χ1n) is 7.55. The van der Waals surface area contributed by atoms with Crippen LogP contribution in [0.2, 0.25) is 0 Å². The molecular formula is C16H18N2O4S2. The molecule has 1 aromatic carbocycles. The smallest absolute Gasteiger partial charge is 0.250 e. The zero-order chi connectivity index (χ0) is 17.0. The minimum Gasteiger partial charge on any atom is -0.493 e. The summed E-state index contributed by atoms with van der Waals surface area (Å²) in [6, 6.07) is 11.0. The molecule has 0 saturated carbocycles. The van der Waals surface area contributed by atoms with Crippen LogP contribution >= 0.6 is 11.3 Å². The molecule has 2 heterocycles. The Morgan fingerprint density at radius 1 is 1.25 bits per heavy atom. The van der Waals surface area contributed by atoms with Crippen LogP contribution in [0.3, 0.4) is 0 Å². The van der Waals surface area contributed by atoms with Crippen molar-refractivity contribution in [2.45, 2.75) is 10.6 Å². The first kappa shape index (κ1) is 16.9. The molecule has 1 aliphatic rings. The number of fused-ring (bicyclic) bond motifs is 1. The summed E-state index contributed by atoms with van der Waals surface area (Å²) in [6.45, 7) is 0.719. The standard InChI is InChI=1S/C16H18N2O4S2/c19-15(10-18-24(20,21)16-6-3-7-23-16)17-9-12-8-13-4-1-2-5-14(13)22-11-12/h1-7,12,18H,8-11H2,(H,17,19)/t12-/m0/s1. The van der Waals surface area contributed by atoms with Crippen molar-refractivity contribution in [3.63, 3.8) is 0 Å². The van der Waals surface area contributed by atoms with E-state index in [1.54, 1.807) is 11.4 Å². The number of sulfonamides is 1. The molecule has 6 nitrogen and oxygen atoms in total. The minimum absolute atomic E-state index is 0.178. The summed E-state index contributed by atoms with van der Waals surface area (Å²) in [5.41, 5.74) is 1.13. The van der Waals surface area contributed by atoms with Gasteiger partial charge in [0, 0.05) is 12.5 Å². The van der Waals surface area contributed by atoms with Crippen molar-refractivity contribution in [1.29, 1.82) is 0 Å². The van der Waals surface area contributed by atoms with Gasteiger partial charge in [-0.1, -0.05) is 24.3 Å². The monoisotopic (exact) mass is 366 g/mol. The molecule has 0 spiro atoms. The number of benzene rings is 1. The second kappa shape index (κ2) is 7.33. The molecule has 0 aliphatic carbocycles. The first-order chi connectivity index (χ1) is 11.5. The Kier molecular flexibility index (Phi) is 5.17. The van der Waals surface area contributed by atoms with E-state index in [2.05, 4.69) is 10.0 Å². The van der Waals surface area contributed by atoms with Crippen molar-refractivity contribution in [3.8, 4) is 5.75 Å². The van der Waals surface area contributed by atoms with E-state index in [-0.39, 0.29) is 22.6 Å². The predicted molar refractivity (Wildman–Crippen MR) is 91.6 cm³/mol. The van der Waals surface area contributed by atoms with Crippen LogP contribution in [0.4, 0.5) is 0 Å². The van der Waals surface area contributed by atoms with Crippen LogP contribution < -0.4 is 14.8 Å². The fraction of sp³-hybridized carbons (Fsp3) is 0.312. The lowest BCUT2D eigenvalue weighted by atomic mass is 9.97. The highest BCUT2D eigenvalue weighted by Gasteiger charge is 2.21. The molecule has 1 aromatic heterocycles. The van der Waals surface area contributed by atoms with Crippen LogP contribution in [0.15, 0.2) is 46.0 Å². The lowest BCUT2D eigenvalue weighted by Gasteiger charge is -2.25. The summed E-state index contributed by atoms with van der Waals surface area (Å²) in [5.74, 6) is 0.718. The van der Waals surface area contributed by atoms with Crippen LogP contribution in [0, 0.1) is 5.92 Å². The Bertz CT molecular complexity index is 803. The maximum absolute atomic E-state index is 11.9. The number of thiophene rings is 1. The Hall–Kier alpha value is -1.90. The third-order valence-electron chi connectivity index (χ3n) is 3.73. The highest BCUT2D eigenvalue weighted by molar-refractivity contribution is 7.91. The minimum atomic E-state index is -3.61. The third kappa shape index (κ3) is 4.14. The van der Waals surface area contributed by atoms with Gasteiger partial charge < -0.3 is 10.1 Å². The zero-order valence-electron chi connectivity index (χ0n) is 12.9. The molecule has 2 aromatic rings. The van der Waals surface area contributed by atoms with E-state index in [0.717, 1.165) is 29.1 Å². The summed E-state index contributed by atoms with van der Waals surface area (Å²) in [6.07, 6.45) is 0.831. The van der Waals surface area contributed by atoms with E-state index in [9.17, 15) is 13.2 Å². The quantitative estimate of drug-likeness (QED) is 0.809. The van der Waals surface area contributed by atoms with Crippen LogP contribution in [-0.2, 0) is 21.2 Å². The number of para-hydroxylation sites is 1. The SMILES string of the molecule is O=C(CNS(=O)(=O)c1cccs1)NC[C@H]1COc2ccccc2C1. The topological polar surface area (TPSA) is 84.5 Å². The van der Waals surface area contributed by atoms with Gasteiger partial charge >= 0.3 is 0 Å². The molecule has 0 fully saturated rings. The second-order valence-corrected chi connectivity index (χ2v) is 8.49. The number of ether oxygens (including phenoxy) is 1. The maximum atomic E-state index is 11.9. The Morgan fingerprint density at radius 3 is 2.88 bits per heavy atom. The number of nitrogens with one attached hydrogen (secondary N) is 2. The average molecular weight is 366 g/mol. The van der Waals surface area contributed by atoms with Gasteiger partial charge in [0.2, 0.25) is 5.91 Å². The number of hydrogen-bond acceptors (Lipinski definition) is 5. The Balaban J connectivity index is 1.45. The lowest BCUT2D eigenvalue weighted by molar-refractivity contribution is -0.120. The molecule has 8 heteroatoms. The molecule has 0 bridgehead atoms. The molecule has 0 radical (unpaired) electrons. The Labute approximate surface area is 144 Å². The molecule has 128 valence electrons. The van der Waals surface area contributed by atoms with Crippen molar-refractivity contribution in [2.75, 3.05) is 19.7 Å². The summed E-state index contributed by atoms with van der Waals surface area (Å²) in [7, 11) is -3.61. The second-order valence-electron chi connectivity index (χ2n) is 5.55. The largest absolute Gasteiger partial charge is 0.493 e. The van der Waals surface area contributed by atoms with Crippen molar-refractivity contribution >= 4 is 27.3 Å². The van der Waals surface area contributed by atoms with Gasteiger partial charge in [-0.15, -0.1) is 11.3 Å². The van der Waals surface area contributed by atoms with Crippen molar-refractivity contribution in [2.24, 2.45) is 5.92 Å². The summed E-state index contributed by atoms with van der Waals surface area (Å²) >= 11 is 1.11. The average Bonchev–Trinajstić information content (AvgIpc) is 3.13. The van der Waals surface area contributed by atoms with Crippen LogP contribution in [0.5, 0.6) is 5.75 Å². The molecule has 1 atom stereocenters. The van der Waals surface area contributed by atoms with E-state index in [4.69, 9.17) is 4.74 Å². The summed E-state index contributed by atoms with van der Waals surface area (Å²) in [4.78, 5) is 11.9. The van der Waals surface area contributed by atoms with Crippen molar-refractivity contribution in [1.82, 2.24) is 10.0 Å². The zero-order valence-corrected chi connectivity index (χ0v) is 14.5. The van der Waals surface area contributed by atoms with Gasteiger partial charge in [0.25, 0.3) is 10.0 Å². The normalized spacial score (nSPS) is 16.9. The maximum Gasteiger partial charge on any atom is 0.250 e. The Morgan fingerprint density at radius 2 is 2.08 bits per heavy atom. The number of rotatable bonds is 6. The van der Waals surface area contributed by atoms with E-state index in [0.29, 0.717) is 13.2 Å². The summed E-state index contributed by atoms with van der Waals surface area (Å²) < 4.78 is 32.1. The van der Waals surface area contributed by atoms with Gasteiger partial charge in [0.15, 0.2) is 0 Å². The van der Waals surface area contributed by atoms with Gasteiger partial charge in [0.1, 0.15) is 9.96 Å². The molecule has 2 N–H and O–H groups in total. The number of carbonyl (C=O) groups is 1. The highest BCUT2D eigenvalue weighted by atomic mass is 32.2. The number of hydrogen-bond donors (Lipinski definition) is 2. The van der Waals surface area contributed by atoms with Crippen LogP contribution in [-0.4, -0.2) is 34.0 Å². The fourth-order valence-corrected chi connectivity index (χ4v) is 4.51. The molecule has 3 rings (SSSR count). The molecule has 0 saturated heterocycles. The van der Waals surface area contributed by atoms with E-state index < -0.39 is 10.0 Å². The highest BCUT2D eigenvalue weighted by Crippen LogP contribution is 2.26. The molecule has 1 amide bonds. The summed E-state index contributed by atoms with van der Waals surface area (Å²) in [5, 5.41) is 4.43. The van der Waals surface area contributed by atoms with Gasteiger partial charge in [0.05, 0.1) is 13.2 Å². The van der Waals surface area contributed by atoms with Gasteiger partial charge in [-0.2, -0.15) is 0 Å². The van der Waals surface area contributed by atoms with Gasteiger partial charge in [-0.05, 0) is 29.5 Å². The van der Waals surface area contributed by atoms with Crippen LogP contribution in [0.25, 0.3) is 0 Å². The van der Waals surface area contributed by atoms with E-state index in [1.165, 1.54) is 6.07 Å². The fourth-order valence-electron chi connectivity index (χ4n) is 2.49. The van der Waals surface area contributed by atoms with Gasteiger partial charge in [-0.3, -0.25) is 4.79 Å². The third-order valence-corrected chi connectivity index (χ3v) is 6.53. The number of carbonyl (C=O) groups excluding carboxylic acids is 1. The first-order valence-corrected chi connectivity index (χ1v) is 9.91. The molecular weight excluding hydrogens is 348 g/mol. The van der Waals surface area contributed by atoms with Crippen LogP contribution in [0.1, 0.15) is 5.56 Å². The van der Waals surface area contributed by atoms with Crippen molar-refractivity contribution < 1.29 is 17.9 Å².